The van der Waals surface area contributed by atoms with Gasteiger partial charge in [0.1, 0.15) is 0 Å². The molecular formula is C48H30N6. The van der Waals surface area contributed by atoms with Crippen molar-refractivity contribution in [1.29, 1.82) is 0 Å². The van der Waals surface area contributed by atoms with Gasteiger partial charge in [0.25, 0.3) is 0 Å². The first-order chi connectivity index (χ1) is 26.7. The fourth-order valence-electron chi connectivity index (χ4n) is 6.80. The fourth-order valence-corrected chi connectivity index (χ4v) is 6.80. The van der Waals surface area contributed by atoms with Crippen molar-refractivity contribution in [1.82, 2.24) is 24.9 Å². The van der Waals surface area contributed by atoms with Crippen LogP contribution in [-0.2, 0) is 0 Å². The van der Waals surface area contributed by atoms with Crippen molar-refractivity contribution >= 4 is 16.6 Å². The number of benzene rings is 7. The number of nitrogens with zero attached hydrogens (tertiary/aromatic N) is 6. The summed E-state index contributed by atoms with van der Waals surface area (Å²) in [6.45, 7) is 8.12. The molecule has 0 aliphatic heterocycles. The maximum atomic E-state index is 8.12. The minimum absolute atomic E-state index is 0.540. The first kappa shape index (κ1) is 32.3. The van der Waals surface area contributed by atoms with Crippen molar-refractivity contribution in [3.8, 4) is 79.1 Å². The normalized spacial score (nSPS) is 10.9. The molecule has 0 atom stereocenters. The van der Waals surface area contributed by atoms with Crippen LogP contribution >= 0.6 is 0 Å². The van der Waals surface area contributed by atoms with Gasteiger partial charge in [0.2, 0.25) is 0 Å². The molecule has 0 amide bonds. The second-order valence-electron chi connectivity index (χ2n) is 12.8. The lowest BCUT2D eigenvalue weighted by molar-refractivity contribution is 1.07. The molecule has 6 nitrogen and oxygen atoms in total. The predicted octanol–water partition coefficient (Wildman–Crippen LogP) is 12.0. The van der Waals surface area contributed by atoms with Crippen molar-refractivity contribution in [2.45, 2.75) is 0 Å². The van der Waals surface area contributed by atoms with Crippen LogP contribution in [0, 0.1) is 6.57 Å². The van der Waals surface area contributed by atoms with Crippen LogP contribution in [0.3, 0.4) is 0 Å². The Hall–Kier alpha value is -7.62. The third-order valence-corrected chi connectivity index (χ3v) is 9.40. The van der Waals surface area contributed by atoms with Crippen LogP contribution in [0.1, 0.15) is 0 Å². The van der Waals surface area contributed by atoms with Crippen molar-refractivity contribution in [2.75, 3.05) is 0 Å². The molecule has 0 fully saturated rings. The van der Waals surface area contributed by atoms with Crippen LogP contribution in [0.4, 0.5) is 5.69 Å². The lowest BCUT2D eigenvalue weighted by Crippen LogP contribution is -2.01. The SMILES string of the molecule is [C-]#[N+]c1ccccc1-c1cc(-c2nc(-c3ccccc3)nc(-c3ccccc3)n2)ccc1-c1ccccc1-c1nc(-c2ccccc2)nc2ccccc12. The molecular weight excluding hydrogens is 661 g/mol. The molecule has 0 saturated heterocycles. The van der Waals surface area contributed by atoms with E-state index in [1.54, 1.807) is 0 Å². The molecule has 0 bridgehead atoms. The third-order valence-electron chi connectivity index (χ3n) is 9.40. The van der Waals surface area contributed by atoms with E-state index in [9.17, 15) is 0 Å². The van der Waals surface area contributed by atoms with Gasteiger partial charge in [-0.2, -0.15) is 0 Å². The molecule has 252 valence electrons. The Labute approximate surface area is 313 Å². The van der Waals surface area contributed by atoms with Gasteiger partial charge in [-0.3, -0.25) is 0 Å². The van der Waals surface area contributed by atoms with Gasteiger partial charge in [-0.15, -0.1) is 0 Å². The molecule has 0 aliphatic rings. The third kappa shape index (κ3) is 6.17. The topological polar surface area (TPSA) is 68.8 Å². The van der Waals surface area contributed by atoms with Crippen molar-refractivity contribution in [3.63, 3.8) is 0 Å². The molecule has 9 aromatic rings. The molecule has 0 N–H and O–H groups in total. The molecule has 6 heteroatoms. The molecule has 0 aliphatic carbocycles. The average Bonchev–Trinajstić information content (AvgIpc) is 3.26. The summed E-state index contributed by atoms with van der Waals surface area (Å²) in [7, 11) is 0. The number of hydrogen-bond donors (Lipinski definition) is 0. The largest absolute Gasteiger partial charge is 0.238 e. The highest BCUT2D eigenvalue weighted by Crippen LogP contribution is 2.44. The van der Waals surface area contributed by atoms with E-state index in [4.69, 9.17) is 31.5 Å². The summed E-state index contributed by atoms with van der Waals surface area (Å²) in [5.74, 6) is 2.37. The Kier molecular flexibility index (Phi) is 8.48. The monoisotopic (exact) mass is 690 g/mol. The van der Waals surface area contributed by atoms with Crippen LogP contribution in [0.2, 0.25) is 0 Å². The summed E-state index contributed by atoms with van der Waals surface area (Å²) < 4.78 is 0. The molecule has 7 aromatic carbocycles. The van der Waals surface area contributed by atoms with E-state index < -0.39 is 0 Å². The molecule has 0 radical (unpaired) electrons. The van der Waals surface area contributed by atoms with Gasteiger partial charge in [0.05, 0.1) is 17.8 Å². The van der Waals surface area contributed by atoms with Gasteiger partial charge in [-0.25, -0.2) is 29.8 Å². The molecule has 2 heterocycles. The van der Waals surface area contributed by atoms with E-state index in [1.165, 1.54) is 0 Å². The van der Waals surface area contributed by atoms with E-state index in [-0.39, 0.29) is 0 Å². The van der Waals surface area contributed by atoms with E-state index in [1.807, 2.05) is 146 Å². The number of fused-ring (bicyclic) bond motifs is 1. The van der Waals surface area contributed by atoms with Gasteiger partial charge in [0, 0.05) is 33.2 Å². The Balaban J connectivity index is 1.28. The summed E-state index contributed by atoms with van der Waals surface area (Å²) in [5.41, 5.74) is 10.4. The van der Waals surface area contributed by atoms with Crippen LogP contribution in [0.15, 0.2) is 182 Å². The van der Waals surface area contributed by atoms with Gasteiger partial charge in [-0.05, 0) is 34.4 Å². The lowest BCUT2D eigenvalue weighted by Gasteiger charge is -2.18. The molecule has 0 saturated carbocycles. The fraction of sp³-hybridized carbons (Fsp3) is 0. The Morgan fingerprint density at radius 1 is 0.333 bits per heavy atom. The number of aromatic nitrogens is 5. The zero-order chi connectivity index (χ0) is 36.3. The van der Waals surface area contributed by atoms with Crippen LogP contribution in [0.5, 0.6) is 0 Å². The first-order valence-corrected chi connectivity index (χ1v) is 17.6. The molecule has 0 unspecified atom stereocenters. The van der Waals surface area contributed by atoms with Crippen LogP contribution in [-0.4, -0.2) is 24.9 Å². The maximum Gasteiger partial charge on any atom is 0.194 e. The average molecular weight is 691 g/mol. The van der Waals surface area contributed by atoms with E-state index in [0.29, 0.717) is 29.0 Å². The number of hydrogen-bond acceptors (Lipinski definition) is 5. The first-order valence-electron chi connectivity index (χ1n) is 17.6. The summed E-state index contributed by atoms with van der Waals surface area (Å²) in [4.78, 5) is 29.1. The lowest BCUT2D eigenvalue weighted by atomic mass is 9.88. The summed E-state index contributed by atoms with van der Waals surface area (Å²) in [6.07, 6.45) is 0. The van der Waals surface area contributed by atoms with E-state index in [2.05, 4.69) is 41.2 Å². The second kappa shape index (κ2) is 14.2. The zero-order valence-corrected chi connectivity index (χ0v) is 29.0. The van der Waals surface area contributed by atoms with Crippen molar-refractivity contribution in [3.05, 3.63) is 193 Å². The van der Waals surface area contributed by atoms with E-state index >= 15 is 0 Å². The molecule has 2 aromatic heterocycles. The quantitative estimate of drug-likeness (QED) is 0.156. The standard InChI is InChI=1S/C48H30N6/c1-49-42-27-15-13-24-38(42)41-31-35(48-53-46(33-19-7-3-8-20-33)52-47(54-48)34-21-9-4-10-22-34)29-30-37(41)36-23-11-12-25-39(36)44-40-26-14-16-28-43(40)50-45(51-44)32-17-5-2-6-18-32/h2-31H. The summed E-state index contributed by atoms with van der Waals surface area (Å²) >= 11 is 0. The van der Waals surface area contributed by atoms with Crippen LogP contribution in [0.25, 0.3) is 94.8 Å². The Morgan fingerprint density at radius 2 is 0.796 bits per heavy atom. The highest BCUT2D eigenvalue weighted by atomic mass is 15.0. The van der Waals surface area contributed by atoms with Crippen molar-refractivity contribution < 1.29 is 0 Å². The minimum atomic E-state index is 0.540. The molecule has 54 heavy (non-hydrogen) atoms. The Morgan fingerprint density at radius 3 is 1.41 bits per heavy atom. The highest BCUT2D eigenvalue weighted by molar-refractivity contribution is 6.01. The highest BCUT2D eigenvalue weighted by Gasteiger charge is 2.20. The maximum absolute atomic E-state index is 8.12. The smallest absolute Gasteiger partial charge is 0.194 e. The number of para-hydroxylation sites is 2. The second-order valence-corrected chi connectivity index (χ2v) is 12.8. The molecule has 0 spiro atoms. The van der Waals surface area contributed by atoms with Crippen LogP contribution < -0.4 is 0 Å². The van der Waals surface area contributed by atoms with Crippen molar-refractivity contribution in [2.24, 2.45) is 0 Å². The molecule has 9 rings (SSSR count). The van der Waals surface area contributed by atoms with Gasteiger partial charge < -0.3 is 0 Å². The summed E-state index contributed by atoms with van der Waals surface area (Å²) in [6, 6.07) is 60.4. The minimum Gasteiger partial charge on any atom is -0.238 e. The zero-order valence-electron chi connectivity index (χ0n) is 29.0. The van der Waals surface area contributed by atoms with E-state index in [0.717, 1.165) is 66.7 Å². The van der Waals surface area contributed by atoms with Gasteiger partial charge in [0.15, 0.2) is 29.0 Å². The Bertz CT molecular complexity index is 2770. The summed E-state index contributed by atoms with van der Waals surface area (Å²) in [5, 5.41) is 0.955. The predicted molar refractivity (Wildman–Crippen MR) is 217 cm³/mol. The van der Waals surface area contributed by atoms with Gasteiger partial charge in [-0.1, -0.05) is 170 Å². The van der Waals surface area contributed by atoms with Gasteiger partial charge >= 0.3 is 0 Å². The number of rotatable bonds is 7.